The Bertz CT molecular complexity index is 370. The summed E-state index contributed by atoms with van der Waals surface area (Å²) < 4.78 is 15.9. The highest BCUT2D eigenvalue weighted by Gasteiger charge is 2.31. The Hall–Kier alpha value is -0.980. The van der Waals surface area contributed by atoms with Gasteiger partial charge in [0.05, 0.1) is 6.04 Å². The lowest BCUT2D eigenvalue weighted by atomic mass is 10.0. The van der Waals surface area contributed by atoms with E-state index >= 15 is 0 Å². The van der Waals surface area contributed by atoms with Crippen LogP contribution in [0.15, 0.2) is 4.52 Å². The highest BCUT2D eigenvalue weighted by atomic mass is 16.5. The third-order valence-corrected chi connectivity index (χ3v) is 3.23. The van der Waals surface area contributed by atoms with Crippen LogP contribution in [-0.4, -0.2) is 30.5 Å². The summed E-state index contributed by atoms with van der Waals surface area (Å²) in [4.78, 5) is 4.38. The minimum absolute atomic E-state index is 0.251. The van der Waals surface area contributed by atoms with Crippen LogP contribution in [0.4, 0.5) is 0 Å². The molecule has 110 valence electrons. The summed E-state index contributed by atoms with van der Waals surface area (Å²) in [5, 5.41) is 4.00. The normalized spacial score (nSPS) is 16.3. The first-order valence-electron chi connectivity index (χ1n) is 6.80. The van der Waals surface area contributed by atoms with Gasteiger partial charge in [-0.2, -0.15) is 4.98 Å². The zero-order valence-corrected chi connectivity index (χ0v) is 12.3. The van der Waals surface area contributed by atoms with Crippen molar-refractivity contribution in [3.05, 3.63) is 11.7 Å². The van der Waals surface area contributed by atoms with E-state index in [-0.39, 0.29) is 6.04 Å². The highest BCUT2D eigenvalue weighted by Crippen LogP contribution is 2.27. The molecule has 0 aromatic carbocycles. The Labute approximate surface area is 114 Å². The van der Waals surface area contributed by atoms with E-state index in [9.17, 15) is 0 Å². The van der Waals surface area contributed by atoms with Crippen molar-refractivity contribution in [1.82, 2.24) is 10.1 Å². The summed E-state index contributed by atoms with van der Waals surface area (Å²) >= 11 is 0. The molecule has 6 nitrogen and oxygen atoms in total. The van der Waals surface area contributed by atoms with Gasteiger partial charge in [-0.25, -0.2) is 0 Å². The molecule has 0 aliphatic heterocycles. The minimum atomic E-state index is -0.511. The van der Waals surface area contributed by atoms with E-state index < -0.39 is 5.60 Å². The van der Waals surface area contributed by atoms with Crippen molar-refractivity contribution in [1.29, 1.82) is 0 Å². The molecule has 0 amide bonds. The van der Waals surface area contributed by atoms with Gasteiger partial charge < -0.3 is 19.7 Å². The molecule has 1 aromatic rings. The van der Waals surface area contributed by atoms with Crippen molar-refractivity contribution >= 4 is 0 Å². The van der Waals surface area contributed by atoms with Crippen LogP contribution in [0.3, 0.4) is 0 Å². The van der Waals surface area contributed by atoms with Gasteiger partial charge in [0.25, 0.3) is 0 Å². The predicted octanol–water partition coefficient (Wildman–Crippen LogP) is 2.16. The molecule has 1 heterocycles. The Morgan fingerprint density at radius 2 is 2.16 bits per heavy atom. The van der Waals surface area contributed by atoms with E-state index in [1.165, 1.54) is 0 Å². The van der Waals surface area contributed by atoms with Crippen molar-refractivity contribution in [2.75, 3.05) is 20.3 Å². The first-order valence-corrected chi connectivity index (χ1v) is 6.80. The van der Waals surface area contributed by atoms with Gasteiger partial charge in [-0.3, -0.25) is 0 Å². The van der Waals surface area contributed by atoms with Crippen molar-refractivity contribution in [2.24, 2.45) is 5.73 Å². The summed E-state index contributed by atoms with van der Waals surface area (Å²) in [7, 11) is 1.67. The second kappa shape index (κ2) is 7.57. The minimum Gasteiger partial charge on any atom is -0.385 e. The number of hydrogen-bond donors (Lipinski definition) is 1. The Morgan fingerprint density at radius 1 is 1.42 bits per heavy atom. The standard InChI is InChI=1S/C13H25N3O3/c1-5-13(3,18-6-2)12-15-11(19-16-12)10(14)8-7-9-17-4/h10H,5-9,14H2,1-4H3. The second-order valence-electron chi connectivity index (χ2n) is 4.72. The van der Waals surface area contributed by atoms with Crippen molar-refractivity contribution in [3.8, 4) is 0 Å². The molecule has 0 spiro atoms. The van der Waals surface area contributed by atoms with Crippen LogP contribution in [0.25, 0.3) is 0 Å². The van der Waals surface area contributed by atoms with Crippen molar-refractivity contribution < 1.29 is 14.0 Å². The summed E-state index contributed by atoms with van der Waals surface area (Å²) in [6, 6.07) is -0.251. The highest BCUT2D eigenvalue weighted by molar-refractivity contribution is 5.01. The second-order valence-corrected chi connectivity index (χ2v) is 4.72. The summed E-state index contributed by atoms with van der Waals surface area (Å²) in [5.41, 5.74) is 5.50. The van der Waals surface area contributed by atoms with Crippen LogP contribution in [0.5, 0.6) is 0 Å². The summed E-state index contributed by atoms with van der Waals surface area (Å²) in [6.45, 7) is 7.23. The fraction of sp³-hybridized carbons (Fsp3) is 0.846. The van der Waals surface area contributed by atoms with Crippen LogP contribution in [-0.2, 0) is 15.1 Å². The molecule has 0 bridgehead atoms. The van der Waals surface area contributed by atoms with E-state index in [1.54, 1.807) is 7.11 Å². The zero-order chi connectivity index (χ0) is 14.3. The molecule has 0 aliphatic carbocycles. The Balaban J connectivity index is 2.69. The Kier molecular flexibility index (Phi) is 6.41. The molecule has 2 N–H and O–H groups in total. The Morgan fingerprint density at radius 3 is 2.74 bits per heavy atom. The third kappa shape index (κ3) is 4.26. The molecule has 1 rings (SSSR count). The van der Waals surface area contributed by atoms with E-state index in [0.29, 0.717) is 24.9 Å². The number of nitrogens with two attached hydrogens (primary N) is 1. The van der Waals surface area contributed by atoms with Crippen LogP contribution in [0.1, 0.15) is 57.8 Å². The van der Waals surface area contributed by atoms with Crippen LogP contribution in [0, 0.1) is 0 Å². The van der Waals surface area contributed by atoms with Crippen LogP contribution >= 0.6 is 0 Å². The molecule has 0 fully saturated rings. The molecule has 0 saturated carbocycles. The maximum Gasteiger partial charge on any atom is 0.243 e. The molecule has 2 unspecified atom stereocenters. The quantitative estimate of drug-likeness (QED) is 0.693. The molecular formula is C13H25N3O3. The van der Waals surface area contributed by atoms with Gasteiger partial charge in [0.15, 0.2) is 0 Å². The number of aromatic nitrogens is 2. The van der Waals surface area contributed by atoms with E-state index in [0.717, 1.165) is 19.3 Å². The van der Waals surface area contributed by atoms with Crippen molar-refractivity contribution in [3.63, 3.8) is 0 Å². The number of methoxy groups -OCH3 is 1. The number of hydrogen-bond acceptors (Lipinski definition) is 6. The van der Waals surface area contributed by atoms with Gasteiger partial charge in [-0.05, 0) is 33.1 Å². The van der Waals surface area contributed by atoms with Crippen LogP contribution in [0.2, 0.25) is 0 Å². The molecule has 6 heteroatoms. The van der Waals surface area contributed by atoms with Crippen LogP contribution < -0.4 is 5.73 Å². The topological polar surface area (TPSA) is 83.4 Å². The smallest absolute Gasteiger partial charge is 0.243 e. The van der Waals surface area contributed by atoms with Gasteiger partial charge in [0.2, 0.25) is 11.7 Å². The molecule has 0 radical (unpaired) electrons. The lowest BCUT2D eigenvalue weighted by Crippen LogP contribution is -2.26. The third-order valence-electron chi connectivity index (χ3n) is 3.23. The van der Waals surface area contributed by atoms with E-state index in [4.69, 9.17) is 19.7 Å². The van der Waals surface area contributed by atoms with Gasteiger partial charge >= 0.3 is 0 Å². The SMILES string of the molecule is CCOC(C)(CC)c1noc(C(N)CCCOC)n1. The molecule has 2 atom stereocenters. The number of nitrogens with zero attached hydrogens (tertiary/aromatic N) is 2. The fourth-order valence-electron chi connectivity index (χ4n) is 1.81. The lowest BCUT2D eigenvalue weighted by molar-refractivity contribution is -0.0403. The van der Waals surface area contributed by atoms with E-state index in [1.807, 2.05) is 20.8 Å². The molecular weight excluding hydrogens is 246 g/mol. The van der Waals surface area contributed by atoms with Crippen molar-refractivity contribution in [2.45, 2.75) is 51.7 Å². The van der Waals surface area contributed by atoms with Gasteiger partial charge in [-0.15, -0.1) is 0 Å². The summed E-state index contributed by atoms with van der Waals surface area (Å²) in [5.74, 6) is 1.03. The number of ether oxygens (including phenoxy) is 2. The monoisotopic (exact) mass is 271 g/mol. The van der Waals surface area contributed by atoms with E-state index in [2.05, 4.69) is 10.1 Å². The van der Waals surface area contributed by atoms with Gasteiger partial charge in [0, 0.05) is 20.3 Å². The predicted molar refractivity (Wildman–Crippen MR) is 71.6 cm³/mol. The molecule has 0 aliphatic rings. The zero-order valence-electron chi connectivity index (χ0n) is 12.3. The average molecular weight is 271 g/mol. The first kappa shape index (κ1) is 16.1. The van der Waals surface area contributed by atoms with Gasteiger partial charge in [-0.1, -0.05) is 12.1 Å². The average Bonchev–Trinajstić information content (AvgIpc) is 2.89. The lowest BCUT2D eigenvalue weighted by Gasteiger charge is -2.23. The maximum absolute atomic E-state index is 6.02. The van der Waals surface area contributed by atoms with Gasteiger partial charge in [0.1, 0.15) is 5.60 Å². The largest absolute Gasteiger partial charge is 0.385 e. The first-order chi connectivity index (χ1) is 9.07. The maximum atomic E-state index is 6.02. The molecule has 0 saturated heterocycles. The molecule has 19 heavy (non-hydrogen) atoms. The molecule has 1 aromatic heterocycles. The fourth-order valence-corrected chi connectivity index (χ4v) is 1.81. The summed E-state index contributed by atoms with van der Waals surface area (Å²) in [6.07, 6.45) is 2.40. The number of rotatable bonds is 9.